The number of anilines is 3. The van der Waals surface area contributed by atoms with Crippen molar-refractivity contribution in [2.75, 3.05) is 23.9 Å². The van der Waals surface area contributed by atoms with Crippen LogP contribution in [0.1, 0.15) is 107 Å². The van der Waals surface area contributed by atoms with Gasteiger partial charge in [-0.3, -0.25) is 6.08 Å². The van der Waals surface area contributed by atoms with Gasteiger partial charge in [-0.1, -0.05) is 101 Å². The van der Waals surface area contributed by atoms with Crippen LogP contribution in [0.25, 0.3) is 0 Å². The average Bonchev–Trinajstić information content (AvgIpc) is 3.94. The molecule has 340 valence electrons. The maximum atomic E-state index is 4.29. The van der Waals surface area contributed by atoms with E-state index in [0.29, 0.717) is 0 Å². The molecule has 0 saturated carbocycles. The number of benzene rings is 2. The maximum absolute atomic E-state index is 4.29. The molecule has 2 aliphatic heterocycles. The SMILES string of the molecule is CC(C)(C)c1cn(C(C)(C)C)[c-]n1.CC(C)(C)c1cn(C(C)(C)C)[c-]n1.CN1[CH-]N(C2=CC=CC=[C-]C2)C2=C1C=CCC=C2.CN1[CH-]N(c2[c-]cccc2)c2ccccc21.[Pt].[Pt]. The fraction of sp³-hybridized carbons (Fsp3) is 0.385. The van der Waals surface area contributed by atoms with Crippen LogP contribution in [0.4, 0.5) is 17.1 Å². The molecule has 8 rings (SSSR count). The third-order valence-electron chi connectivity index (χ3n) is 10.0. The van der Waals surface area contributed by atoms with Gasteiger partial charge in [-0.25, -0.2) is 12.2 Å². The van der Waals surface area contributed by atoms with Gasteiger partial charge < -0.3 is 38.7 Å². The monoisotopic (exact) mass is 1190 g/mol. The number of nitrogens with zero attached hydrogens (tertiary/aromatic N) is 8. The summed E-state index contributed by atoms with van der Waals surface area (Å²) in [6.45, 7) is 30.1. The first kappa shape index (κ1) is 52.2. The summed E-state index contributed by atoms with van der Waals surface area (Å²) in [4.78, 5) is 17.3. The van der Waals surface area contributed by atoms with Gasteiger partial charge in [-0.05, 0) is 92.0 Å². The van der Waals surface area contributed by atoms with E-state index in [1.807, 2.05) is 39.5 Å². The molecule has 2 aromatic heterocycles. The molecule has 62 heavy (non-hydrogen) atoms. The van der Waals surface area contributed by atoms with Crippen LogP contribution in [0.5, 0.6) is 0 Å². The van der Waals surface area contributed by atoms with Crippen molar-refractivity contribution in [1.29, 1.82) is 0 Å². The van der Waals surface area contributed by atoms with Gasteiger partial charge in [0.1, 0.15) is 0 Å². The molecule has 0 atom stereocenters. The molecule has 0 bridgehead atoms. The Kier molecular flexibility index (Phi) is 18.5. The number of likely N-dealkylation sites (N-methyl/N-ethyl adjacent to an activating group) is 1. The number of fused-ring (bicyclic) bond motifs is 1. The van der Waals surface area contributed by atoms with Crippen LogP contribution in [0.2, 0.25) is 0 Å². The van der Waals surface area contributed by atoms with Crippen molar-refractivity contribution in [3.8, 4) is 0 Å². The zero-order valence-corrected chi connectivity index (χ0v) is 43.7. The quantitative estimate of drug-likeness (QED) is 0.186. The molecule has 10 heteroatoms. The summed E-state index contributed by atoms with van der Waals surface area (Å²) in [6, 6.07) is 19.6. The molecule has 0 spiro atoms. The summed E-state index contributed by atoms with van der Waals surface area (Å²) in [6.07, 6.45) is 32.3. The molecular weight excluding hydrogens is 1130 g/mol. The second kappa shape index (κ2) is 22.0. The predicted octanol–water partition coefficient (Wildman–Crippen LogP) is 11.9. The molecule has 0 N–H and O–H groups in total. The van der Waals surface area contributed by atoms with E-state index in [-0.39, 0.29) is 64.0 Å². The van der Waals surface area contributed by atoms with Crippen LogP contribution < -0.4 is 9.80 Å². The van der Waals surface area contributed by atoms with Crippen LogP contribution in [-0.4, -0.2) is 43.0 Å². The van der Waals surface area contributed by atoms with Crippen molar-refractivity contribution in [1.82, 2.24) is 28.9 Å². The molecule has 0 unspecified atom stereocenters. The van der Waals surface area contributed by atoms with E-state index in [0.717, 1.165) is 29.9 Å². The Morgan fingerprint density at radius 1 is 0.613 bits per heavy atom. The summed E-state index contributed by atoms with van der Waals surface area (Å²) in [7, 11) is 4.15. The Labute approximate surface area is 403 Å². The molecule has 4 aliphatic rings. The molecule has 2 aliphatic carbocycles. The molecule has 4 aromatic rings. The van der Waals surface area contributed by atoms with Gasteiger partial charge in [0, 0.05) is 88.6 Å². The van der Waals surface area contributed by atoms with Gasteiger partial charge in [0.2, 0.25) is 0 Å². The first-order chi connectivity index (χ1) is 28.1. The topological polar surface area (TPSA) is 48.6 Å². The summed E-state index contributed by atoms with van der Waals surface area (Å²) in [5.41, 5.74) is 9.83. The van der Waals surface area contributed by atoms with Crippen LogP contribution in [0, 0.1) is 38.1 Å². The van der Waals surface area contributed by atoms with Crippen LogP contribution in [0.15, 0.2) is 127 Å². The molecule has 0 amide bonds. The minimum atomic E-state index is 0. The van der Waals surface area contributed by atoms with Crippen LogP contribution in [0.3, 0.4) is 0 Å². The fourth-order valence-electron chi connectivity index (χ4n) is 6.29. The van der Waals surface area contributed by atoms with Gasteiger partial charge in [0.05, 0.1) is 0 Å². The number of aromatic nitrogens is 4. The number of hydrogen-bond donors (Lipinski definition) is 0. The van der Waals surface area contributed by atoms with E-state index in [1.165, 1.54) is 28.5 Å². The van der Waals surface area contributed by atoms with Gasteiger partial charge in [-0.2, -0.15) is 43.7 Å². The Hall–Kier alpha value is -4.12. The maximum Gasteiger partial charge on any atom is 0.0335 e. The van der Waals surface area contributed by atoms with Gasteiger partial charge in [0.25, 0.3) is 0 Å². The molecule has 0 saturated heterocycles. The van der Waals surface area contributed by atoms with Gasteiger partial charge in [-0.15, -0.1) is 24.2 Å². The summed E-state index contributed by atoms with van der Waals surface area (Å²) in [5, 5.41) is 0. The van der Waals surface area contributed by atoms with Crippen molar-refractivity contribution >= 4 is 17.1 Å². The Bertz CT molecular complexity index is 2090. The molecule has 8 nitrogen and oxygen atoms in total. The van der Waals surface area contributed by atoms with Crippen molar-refractivity contribution in [3.05, 3.63) is 176 Å². The van der Waals surface area contributed by atoms with E-state index in [2.05, 4.69) is 244 Å². The summed E-state index contributed by atoms with van der Waals surface area (Å²) in [5.74, 6) is 0. The van der Waals surface area contributed by atoms with E-state index < -0.39 is 0 Å². The van der Waals surface area contributed by atoms with Crippen molar-refractivity contribution < 1.29 is 42.1 Å². The molecule has 2 aromatic carbocycles. The smallest absolute Gasteiger partial charge is 0.0335 e. The molecule has 0 fully saturated rings. The standard InChI is InChI=1S/C16H16N2.C14H12N2.2C11H19N2.2Pt/c1-17-13-18(14-9-5-2-3-6-10-14)16-12-8-4-7-11-15(16)17;1-15-11-16(12-7-3-2-4-8-12)14-10-6-5-9-13(14)15;2*1-10(2,3)9-7-13(8-12-9)11(4,5)6;;/h2-3,5,7-9,11-13H,4,10H2,1H3;2-7,9-11H,1H3;2*7H,1-6H3;;/q2*-2;2*-1;;. The van der Waals surface area contributed by atoms with E-state index in [9.17, 15) is 0 Å². The van der Waals surface area contributed by atoms with E-state index >= 15 is 0 Å². The largest absolute Gasteiger partial charge is 0.504 e. The number of hydrogen-bond acceptors (Lipinski definition) is 6. The first-order valence-electron chi connectivity index (χ1n) is 20.9. The number of rotatable bonds is 2. The van der Waals surface area contributed by atoms with Crippen LogP contribution >= 0.6 is 0 Å². The second-order valence-electron chi connectivity index (χ2n) is 19.4. The zero-order valence-electron chi connectivity index (χ0n) is 39.2. The number of allylic oxidation sites excluding steroid dienone is 9. The number of imidazole rings is 2. The summed E-state index contributed by atoms with van der Waals surface area (Å²) < 4.78 is 4.07. The Morgan fingerprint density at radius 2 is 1.15 bits per heavy atom. The first-order valence-corrected chi connectivity index (χ1v) is 20.9. The minimum absolute atomic E-state index is 0. The van der Waals surface area contributed by atoms with Crippen molar-refractivity contribution in [3.63, 3.8) is 0 Å². The predicted molar refractivity (Wildman–Crippen MR) is 250 cm³/mol. The molecular formula is C52H66N8Pt2-6. The molecule has 4 heterocycles. The average molecular weight is 1190 g/mol. The van der Waals surface area contributed by atoms with Crippen LogP contribution in [-0.2, 0) is 64.0 Å². The van der Waals surface area contributed by atoms with E-state index in [4.69, 9.17) is 0 Å². The minimum Gasteiger partial charge on any atom is -0.504 e. The normalized spacial score (nSPS) is 15.7. The fourth-order valence-corrected chi connectivity index (χ4v) is 6.29. The molecule has 0 radical (unpaired) electrons. The van der Waals surface area contributed by atoms with Gasteiger partial charge in [0.15, 0.2) is 0 Å². The number of para-hydroxylation sites is 3. The van der Waals surface area contributed by atoms with E-state index in [1.54, 1.807) is 0 Å². The third kappa shape index (κ3) is 13.9. The van der Waals surface area contributed by atoms with Crippen molar-refractivity contribution in [2.24, 2.45) is 0 Å². The van der Waals surface area contributed by atoms with Crippen molar-refractivity contribution in [2.45, 2.75) is 118 Å². The Balaban J connectivity index is 0.000000220. The Morgan fingerprint density at radius 3 is 1.65 bits per heavy atom. The second-order valence-corrected chi connectivity index (χ2v) is 19.4. The zero-order chi connectivity index (χ0) is 43.9. The third-order valence-corrected chi connectivity index (χ3v) is 10.0. The van der Waals surface area contributed by atoms with Gasteiger partial charge >= 0.3 is 0 Å². The summed E-state index contributed by atoms with van der Waals surface area (Å²) >= 11 is 0.